The third-order valence-corrected chi connectivity index (χ3v) is 1.73. The lowest BCUT2D eigenvalue weighted by Gasteiger charge is -2.02. The monoisotopic (exact) mass is 210 g/mol. The Morgan fingerprint density at radius 3 is 3.00 bits per heavy atom. The molecule has 5 heteroatoms. The Morgan fingerprint density at radius 1 is 1.47 bits per heavy atom. The fraction of sp³-hybridized carbons (Fsp3) is 0.500. The minimum atomic E-state index is 0.0454. The molecule has 82 valence electrons. The zero-order valence-corrected chi connectivity index (χ0v) is 8.40. The van der Waals surface area contributed by atoms with Crippen LogP contribution in [0.2, 0.25) is 0 Å². The summed E-state index contributed by atoms with van der Waals surface area (Å²) in [6, 6.07) is 5.32. The van der Waals surface area contributed by atoms with Gasteiger partial charge in [-0.2, -0.15) is 5.26 Å². The van der Waals surface area contributed by atoms with Gasteiger partial charge in [0.2, 0.25) is 5.76 Å². The summed E-state index contributed by atoms with van der Waals surface area (Å²) in [7, 11) is 0. The van der Waals surface area contributed by atoms with E-state index in [4.69, 9.17) is 19.5 Å². The summed E-state index contributed by atoms with van der Waals surface area (Å²) in [4.78, 5) is 0. The van der Waals surface area contributed by atoms with Crippen LogP contribution in [0.5, 0.6) is 0 Å². The van der Waals surface area contributed by atoms with E-state index in [2.05, 4.69) is 5.32 Å². The standard InChI is InChI=1S/C10H14N2O3/c11-7-9-1-2-10(15-9)8-12-3-5-14-6-4-13/h1-2,12-13H,3-6,8H2. The zero-order chi connectivity index (χ0) is 10.9. The maximum Gasteiger partial charge on any atom is 0.203 e. The number of aliphatic hydroxyl groups excluding tert-OH is 1. The molecule has 0 saturated carbocycles. The van der Waals surface area contributed by atoms with Crippen molar-refractivity contribution in [3.05, 3.63) is 23.7 Å². The van der Waals surface area contributed by atoms with Crippen LogP contribution in [0, 0.1) is 11.3 Å². The highest BCUT2D eigenvalue weighted by Crippen LogP contribution is 2.05. The Bertz CT molecular complexity index is 317. The lowest BCUT2D eigenvalue weighted by atomic mass is 10.4. The Labute approximate surface area is 88.3 Å². The molecule has 0 unspecified atom stereocenters. The third kappa shape index (κ3) is 4.61. The van der Waals surface area contributed by atoms with Crippen molar-refractivity contribution in [2.24, 2.45) is 0 Å². The third-order valence-electron chi connectivity index (χ3n) is 1.73. The van der Waals surface area contributed by atoms with Crippen LogP contribution in [0.1, 0.15) is 11.5 Å². The highest BCUT2D eigenvalue weighted by molar-refractivity contribution is 5.18. The van der Waals surface area contributed by atoms with E-state index in [1.807, 2.05) is 6.07 Å². The zero-order valence-electron chi connectivity index (χ0n) is 8.40. The average molecular weight is 210 g/mol. The molecule has 0 amide bonds. The lowest BCUT2D eigenvalue weighted by Crippen LogP contribution is -2.19. The van der Waals surface area contributed by atoms with E-state index >= 15 is 0 Å². The Morgan fingerprint density at radius 2 is 2.33 bits per heavy atom. The van der Waals surface area contributed by atoms with Crippen molar-refractivity contribution >= 4 is 0 Å². The van der Waals surface area contributed by atoms with Crippen LogP contribution < -0.4 is 5.32 Å². The topological polar surface area (TPSA) is 78.4 Å². The fourth-order valence-electron chi connectivity index (χ4n) is 1.06. The largest absolute Gasteiger partial charge is 0.449 e. The van der Waals surface area contributed by atoms with Crippen molar-refractivity contribution in [1.29, 1.82) is 5.26 Å². The van der Waals surface area contributed by atoms with E-state index in [1.165, 1.54) is 0 Å². The van der Waals surface area contributed by atoms with E-state index in [1.54, 1.807) is 12.1 Å². The molecule has 15 heavy (non-hydrogen) atoms. The molecule has 0 aliphatic rings. The van der Waals surface area contributed by atoms with E-state index < -0.39 is 0 Å². The number of nitriles is 1. The summed E-state index contributed by atoms with van der Waals surface area (Å²) >= 11 is 0. The normalized spacial score (nSPS) is 10.1. The van der Waals surface area contributed by atoms with Gasteiger partial charge in [0, 0.05) is 6.54 Å². The second-order valence-corrected chi connectivity index (χ2v) is 2.89. The van der Waals surface area contributed by atoms with E-state index in [9.17, 15) is 0 Å². The highest BCUT2D eigenvalue weighted by Gasteiger charge is 1.99. The number of rotatable bonds is 7. The summed E-state index contributed by atoms with van der Waals surface area (Å²) in [5, 5.41) is 20.0. The summed E-state index contributed by atoms with van der Waals surface area (Å²) in [5.41, 5.74) is 0. The van der Waals surface area contributed by atoms with Gasteiger partial charge in [-0.15, -0.1) is 0 Å². The molecular formula is C10H14N2O3. The van der Waals surface area contributed by atoms with Crippen LogP contribution in [0.15, 0.2) is 16.5 Å². The molecule has 0 aromatic carbocycles. The molecule has 0 spiro atoms. The van der Waals surface area contributed by atoms with Crippen LogP contribution in [0.25, 0.3) is 0 Å². The SMILES string of the molecule is N#Cc1ccc(CNCCOCCO)o1. The number of nitrogens with zero attached hydrogens (tertiary/aromatic N) is 1. The van der Waals surface area contributed by atoms with Gasteiger partial charge < -0.3 is 19.6 Å². The molecule has 0 atom stereocenters. The van der Waals surface area contributed by atoms with Gasteiger partial charge in [0.25, 0.3) is 0 Å². The molecule has 1 rings (SSSR count). The maximum atomic E-state index is 8.51. The predicted octanol–water partition coefficient (Wildman–Crippen LogP) is 0.250. The summed E-state index contributed by atoms with van der Waals surface area (Å²) < 4.78 is 10.2. The van der Waals surface area contributed by atoms with Gasteiger partial charge in [0.05, 0.1) is 26.4 Å². The number of furan rings is 1. The molecule has 0 aliphatic carbocycles. The highest BCUT2D eigenvalue weighted by atomic mass is 16.5. The smallest absolute Gasteiger partial charge is 0.203 e. The second kappa shape index (κ2) is 7.01. The van der Waals surface area contributed by atoms with Crippen LogP contribution in [0.4, 0.5) is 0 Å². The van der Waals surface area contributed by atoms with Crippen molar-refractivity contribution in [3.63, 3.8) is 0 Å². The van der Waals surface area contributed by atoms with Crippen molar-refractivity contribution in [2.45, 2.75) is 6.54 Å². The van der Waals surface area contributed by atoms with Crippen LogP contribution in [-0.4, -0.2) is 31.5 Å². The van der Waals surface area contributed by atoms with Crippen LogP contribution >= 0.6 is 0 Å². The van der Waals surface area contributed by atoms with Gasteiger partial charge in [-0.1, -0.05) is 0 Å². The second-order valence-electron chi connectivity index (χ2n) is 2.89. The van der Waals surface area contributed by atoms with Gasteiger partial charge in [-0.05, 0) is 12.1 Å². The van der Waals surface area contributed by atoms with Gasteiger partial charge in [-0.25, -0.2) is 0 Å². The molecule has 1 aromatic rings. The molecule has 1 aromatic heterocycles. The van der Waals surface area contributed by atoms with Crippen molar-refractivity contribution in [1.82, 2.24) is 5.32 Å². The molecule has 0 bridgehead atoms. The molecule has 0 saturated heterocycles. The summed E-state index contributed by atoms with van der Waals surface area (Å²) in [5.74, 6) is 1.05. The molecule has 1 heterocycles. The van der Waals surface area contributed by atoms with Crippen molar-refractivity contribution in [3.8, 4) is 6.07 Å². The molecule has 5 nitrogen and oxygen atoms in total. The minimum Gasteiger partial charge on any atom is -0.449 e. The lowest BCUT2D eigenvalue weighted by molar-refractivity contribution is 0.0936. The molecule has 2 N–H and O–H groups in total. The van der Waals surface area contributed by atoms with Crippen molar-refractivity contribution in [2.75, 3.05) is 26.4 Å². The Kier molecular flexibility index (Phi) is 5.48. The first-order valence-corrected chi connectivity index (χ1v) is 4.75. The molecule has 0 radical (unpaired) electrons. The fourth-order valence-corrected chi connectivity index (χ4v) is 1.06. The Balaban J connectivity index is 2.07. The number of ether oxygens (including phenoxy) is 1. The van der Waals surface area contributed by atoms with E-state index in [0.717, 1.165) is 5.76 Å². The summed E-state index contributed by atoms with van der Waals surface area (Å²) in [6.45, 7) is 2.21. The maximum absolute atomic E-state index is 8.51. The average Bonchev–Trinajstić information content (AvgIpc) is 2.71. The number of hydrogen-bond donors (Lipinski definition) is 2. The minimum absolute atomic E-state index is 0.0454. The van der Waals surface area contributed by atoms with Crippen LogP contribution in [0.3, 0.4) is 0 Å². The van der Waals surface area contributed by atoms with Gasteiger partial charge >= 0.3 is 0 Å². The predicted molar refractivity (Wildman–Crippen MR) is 53.0 cm³/mol. The number of nitrogens with one attached hydrogen (secondary N) is 1. The quantitative estimate of drug-likeness (QED) is 0.631. The first-order chi connectivity index (χ1) is 7.36. The van der Waals surface area contributed by atoms with E-state index in [-0.39, 0.29) is 6.61 Å². The van der Waals surface area contributed by atoms with Gasteiger partial charge in [-0.3, -0.25) is 0 Å². The number of aliphatic hydroxyl groups is 1. The number of hydrogen-bond acceptors (Lipinski definition) is 5. The van der Waals surface area contributed by atoms with Gasteiger partial charge in [0.1, 0.15) is 11.8 Å². The first-order valence-electron chi connectivity index (χ1n) is 4.75. The molecular weight excluding hydrogens is 196 g/mol. The van der Waals surface area contributed by atoms with Crippen molar-refractivity contribution < 1.29 is 14.3 Å². The molecule has 0 aliphatic heterocycles. The first kappa shape index (κ1) is 11.7. The van der Waals surface area contributed by atoms with Gasteiger partial charge in [0.15, 0.2) is 0 Å². The molecule has 0 fully saturated rings. The van der Waals surface area contributed by atoms with E-state index in [0.29, 0.717) is 32.1 Å². The van der Waals surface area contributed by atoms with Crippen LogP contribution in [-0.2, 0) is 11.3 Å². The summed E-state index contributed by atoms with van der Waals surface area (Å²) in [6.07, 6.45) is 0. The Hall–Kier alpha value is -1.35.